The van der Waals surface area contributed by atoms with Gasteiger partial charge >= 0.3 is 0 Å². The smallest absolute Gasteiger partial charge is 0.262 e. The molecule has 3 rings (SSSR count). The number of carbonyl (C=O) groups excluding carboxylic acids is 1. The number of rotatable bonds is 8. The van der Waals surface area contributed by atoms with Crippen LogP contribution in [0.3, 0.4) is 0 Å². The number of hydrogen-bond donors (Lipinski definition) is 2. The standard InChI is InChI=1S/C23H25N3O3/c1-16(2)29-21-11-6-18(7-12-21)25-22-13-8-19(14-24-22)26-23(27)15-28-20-9-4-17(3)5-10-20/h4-14,16H,15H2,1-3H3,(H,24,25)(H,26,27). The summed E-state index contributed by atoms with van der Waals surface area (Å²) in [4.78, 5) is 16.4. The van der Waals surface area contributed by atoms with E-state index >= 15 is 0 Å². The van der Waals surface area contributed by atoms with Crippen LogP contribution in [-0.2, 0) is 4.79 Å². The van der Waals surface area contributed by atoms with E-state index in [1.807, 2.05) is 69.3 Å². The summed E-state index contributed by atoms with van der Waals surface area (Å²) in [6, 6.07) is 18.8. The molecular weight excluding hydrogens is 366 g/mol. The summed E-state index contributed by atoms with van der Waals surface area (Å²) in [5, 5.41) is 5.98. The van der Waals surface area contributed by atoms with Crippen molar-refractivity contribution in [1.82, 2.24) is 4.98 Å². The number of carbonyl (C=O) groups is 1. The van der Waals surface area contributed by atoms with Crippen molar-refractivity contribution in [1.29, 1.82) is 0 Å². The zero-order valence-corrected chi connectivity index (χ0v) is 16.8. The van der Waals surface area contributed by atoms with Crippen molar-refractivity contribution in [3.05, 3.63) is 72.4 Å². The number of aromatic nitrogens is 1. The van der Waals surface area contributed by atoms with Crippen molar-refractivity contribution in [3.8, 4) is 11.5 Å². The van der Waals surface area contributed by atoms with Crippen LogP contribution in [0.25, 0.3) is 0 Å². The molecule has 6 heteroatoms. The van der Waals surface area contributed by atoms with E-state index in [1.165, 1.54) is 0 Å². The molecule has 29 heavy (non-hydrogen) atoms. The number of nitrogens with one attached hydrogen (secondary N) is 2. The predicted octanol–water partition coefficient (Wildman–Crippen LogP) is 4.94. The molecule has 0 saturated heterocycles. The lowest BCUT2D eigenvalue weighted by Gasteiger charge is -2.11. The molecule has 0 spiro atoms. The summed E-state index contributed by atoms with van der Waals surface area (Å²) >= 11 is 0. The van der Waals surface area contributed by atoms with Crippen LogP contribution >= 0.6 is 0 Å². The van der Waals surface area contributed by atoms with Gasteiger partial charge in [-0.05, 0) is 69.3 Å². The molecule has 0 atom stereocenters. The highest BCUT2D eigenvalue weighted by Crippen LogP contribution is 2.20. The Morgan fingerprint density at radius 1 is 0.931 bits per heavy atom. The minimum atomic E-state index is -0.242. The van der Waals surface area contributed by atoms with Crippen LogP contribution in [-0.4, -0.2) is 23.6 Å². The third-order valence-corrected chi connectivity index (χ3v) is 3.94. The maximum absolute atomic E-state index is 12.0. The number of hydrogen-bond acceptors (Lipinski definition) is 5. The highest BCUT2D eigenvalue weighted by Gasteiger charge is 2.05. The largest absolute Gasteiger partial charge is 0.491 e. The molecule has 0 saturated carbocycles. The quantitative estimate of drug-likeness (QED) is 0.569. The second kappa shape index (κ2) is 9.59. The molecule has 1 amide bonds. The van der Waals surface area contributed by atoms with Crippen molar-refractivity contribution in [2.45, 2.75) is 26.9 Å². The van der Waals surface area contributed by atoms with Crippen LogP contribution in [0.1, 0.15) is 19.4 Å². The molecule has 0 unspecified atom stereocenters. The average molecular weight is 391 g/mol. The van der Waals surface area contributed by atoms with Crippen LogP contribution in [0.15, 0.2) is 66.9 Å². The second-order valence-electron chi connectivity index (χ2n) is 6.90. The third-order valence-electron chi connectivity index (χ3n) is 3.94. The fraction of sp³-hybridized carbons (Fsp3) is 0.217. The van der Waals surface area contributed by atoms with E-state index in [1.54, 1.807) is 18.3 Å². The predicted molar refractivity (Wildman–Crippen MR) is 115 cm³/mol. The van der Waals surface area contributed by atoms with E-state index < -0.39 is 0 Å². The SMILES string of the molecule is Cc1ccc(OCC(=O)Nc2ccc(Nc3ccc(OC(C)C)cc3)nc2)cc1. The monoisotopic (exact) mass is 391 g/mol. The number of ether oxygens (including phenoxy) is 2. The maximum Gasteiger partial charge on any atom is 0.262 e. The van der Waals surface area contributed by atoms with Gasteiger partial charge in [-0.3, -0.25) is 4.79 Å². The first-order valence-electron chi connectivity index (χ1n) is 9.47. The summed E-state index contributed by atoms with van der Waals surface area (Å²) in [5.41, 5.74) is 2.65. The van der Waals surface area contributed by atoms with Crippen LogP contribution in [0.5, 0.6) is 11.5 Å². The minimum Gasteiger partial charge on any atom is -0.491 e. The summed E-state index contributed by atoms with van der Waals surface area (Å²) in [5.74, 6) is 1.92. The number of aryl methyl sites for hydroxylation is 1. The van der Waals surface area contributed by atoms with Gasteiger partial charge in [0.15, 0.2) is 6.61 Å². The molecular formula is C23H25N3O3. The summed E-state index contributed by atoms with van der Waals surface area (Å²) < 4.78 is 11.1. The third kappa shape index (κ3) is 6.53. The Bertz CT molecular complexity index is 921. The fourth-order valence-electron chi connectivity index (χ4n) is 2.56. The first-order valence-corrected chi connectivity index (χ1v) is 9.47. The summed E-state index contributed by atoms with van der Waals surface area (Å²) in [6.07, 6.45) is 1.74. The molecule has 0 aliphatic heterocycles. The minimum absolute atomic E-state index is 0.0616. The Kier molecular flexibility index (Phi) is 6.68. The van der Waals surface area contributed by atoms with Crippen LogP contribution in [0, 0.1) is 6.92 Å². The van der Waals surface area contributed by atoms with Crippen LogP contribution < -0.4 is 20.1 Å². The first-order chi connectivity index (χ1) is 14.0. The number of pyridine rings is 1. The normalized spacial score (nSPS) is 10.5. The van der Waals surface area contributed by atoms with Gasteiger partial charge in [-0.25, -0.2) is 4.98 Å². The maximum atomic E-state index is 12.0. The lowest BCUT2D eigenvalue weighted by Crippen LogP contribution is -2.20. The summed E-state index contributed by atoms with van der Waals surface area (Å²) in [7, 11) is 0. The van der Waals surface area contributed by atoms with E-state index in [9.17, 15) is 4.79 Å². The Labute approximate surface area is 170 Å². The van der Waals surface area contributed by atoms with Crippen molar-refractivity contribution in [2.24, 2.45) is 0 Å². The average Bonchev–Trinajstić information content (AvgIpc) is 2.70. The van der Waals surface area contributed by atoms with Gasteiger partial charge < -0.3 is 20.1 Å². The van der Waals surface area contributed by atoms with Crippen molar-refractivity contribution < 1.29 is 14.3 Å². The molecule has 0 fully saturated rings. The Morgan fingerprint density at radius 3 is 2.21 bits per heavy atom. The lowest BCUT2D eigenvalue weighted by atomic mass is 10.2. The number of nitrogens with zero attached hydrogens (tertiary/aromatic N) is 1. The zero-order valence-electron chi connectivity index (χ0n) is 16.8. The molecule has 1 heterocycles. The lowest BCUT2D eigenvalue weighted by molar-refractivity contribution is -0.118. The Morgan fingerprint density at radius 2 is 1.59 bits per heavy atom. The highest BCUT2D eigenvalue weighted by molar-refractivity contribution is 5.91. The van der Waals surface area contributed by atoms with Crippen LogP contribution in [0.4, 0.5) is 17.2 Å². The van der Waals surface area contributed by atoms with E-state index in [0.717, 1.165) is 17.0 Å². The molecule has 1 aromatic heterocycles. The number of benzene rings is 2. The molecule has 0 aliphatic rings. The van der Waals surface area contributed by atoms with Crippen LogP contribution in [0.2, 0.25) is 0 Å². The molecule has 150 valence electrons. The van der Waals surface area contributed by atoms with Gasteiger partial charge in [0.05, 0.1) is 18.0 Å². The topological polar surface area (TPSA) is 72.5 Å². The van der Waals surface area contributed by atoms with E-state index in [4.69, 9.17) is 9.47 Å². The highest BCUT2D eigenvalue weighted by atomic mass is 16.5. The number of amides is 1. The molecule has 2 aromatic carbocycles. The molecule has 0 radical (unpaired) electrons. The van der Waals surface area contributed by atoms with E-state index in [2.05, 4.69) is 15.6 Å². The number of anilines is 3. The van der Waals surface area contributed by atoms with Crippen molar-refractivity contribution >= 4 is 23.1 Å². The van der Waals surface area contributed by atoms with Crippen molar-refractivity contribution in [2.75, 3.05) is 17.2 Å². The fourth-order valence-corrected chi connectivity index (χ4v) is 2.56. The second-order valence-corrected chi connectivity index (χ2v) is 6.90. The van der Waals surface area contributed by atoms with Gasteiger partial charge in [0.2, 0.25) is 0 Å². The molecule has 3 aromatic rings. The molecule has 0 aliphatic carbocycles. The van der Waals surface area contributed by atoms with E-state index in [-0.39, 0.29) is 18.6 Å². The molecule has 0 bridgehead atoms. The van der Waals surface area contributed by atoms with Gasteiger partial charge in [-0.1, -0.05) is 17.7 Å². The first kappa shape index (κ1) is 20.2. The van der Waals surface area contributed by atoms with E-state index in [0.29, 0.717) is 17.3 Å². The van der Waals surface area contributed by atoms with Gasteiger partial charge in [-0.15, -0.1) is 0 Å². The Hall–Kier alpha value is -3.54. The van der Waals surface area contributed by atoms with Gasteiger partial charge in [0.25, 0.3) is 5.91 Å². The van der Waals surface area contributed by atoms with Gasteiger partial charge in [0.1, 0.15) is 17.3 Å². The zero-order chi connectivity index (χ0) is 20.6. The summed E-state index contributed by atoms with van der Waals surface area (Å²) in [6.45, 7) is 5.92. The molecule has 2 N–H and O–H groups in total. The van der Waals surface area contributed by atoms with Gasteiger partial charge in [-0.2, -0.15) is 0 Å². The Balaban J connectivity index is 1.49. The molecule has 6 nitrogen and oxygen atoms in total. The van der Waals surface area contributed by atoms with Gasteiger partial charge in [0, 0.05) is 5.69 Å². The van der Waals surface area contributed by atoms with Crippen molar-refractivity contribution in [3.63, 3.8) is 0 Å².